The van der Waals surface area contributed by atoms with Crippen LogP contribution in [0, 0.1) is 0 Å². The van der Waals surface area contributed by atoms with Crippen molar-refractivity contribution in [3.05, 3.63) is 39.8 Å². The number of aliphatic imine (C=N–C) groups is 1. The van der Waals surface area contributed by atoms with Gasteiger partial charge in [-0.2, -0.15) is 0 Å². The molecule has 1 aromatic carbocycles. The van der Waals surface area contributed by atoms with Gasteiger partial charge in [0.05, 0.1) is 32.0 Å². The van der Waals surface area contributed by atoms with E-state index in [2.05, 4.69) is 27.5 Å². The summed E-state index contributed by atoms with van der Waals surface area (Å²) in [6.45, 7) is 7.49. The van der Waals surface area contributed by atoms with E-state index >= 15 is 0 Å². The zero-order chi connectivity index (χ0) is 20.6. The smallest absolute Gasteiger partial charge is 0.194 e. The van der Waals surface area contributed by atoms with Crippen LogP contribution in [0.3, 0.4) is 0 Å². The van der Waals surface area contributed by atoms with Crippen molar-refractivity contribution >= 4 is 17.3 Å². The second-order valence-corrected chi connectivity index (χ2v) is 7.80. The van der Waals surface area contributed by atoms with Crippen LogP contribution < -0.4 is 14.8 Å². The molecular formula is C21H30N4O3S. The molecule has 0 saturated carbocycles. The summed E-state index contributed by atoms with van der Waals surface area (Å²) in [5.74, 6) is 2.45. The molecule has 1 unspecified atom stereocenters. The number of fused-ring (bicyclic) bond motifs is 1. The van der Waals surface area contributed by atoms with E-state index in [0.29, 0.717) is 26.3 Å². The largest absolute Gasteiger partial charge is 0.490 e. The van der Waals surface area contributed by atoms with Gasteiger partial charge < -0.3 is 24.4 Å². The van der Waals surface area contributed by atoms with Crippen molar-refractivity contribution in [1.82, 2.24) is 15.2 Å². The molecule has 3 rings (SSSR count). The van der Waals surface area contributed by atoms with Gasteiger partial charge in [0.1, 0.15) is 11.1 Å². The van der Waals surface area contributed by atoms with Gasteiger partial charge in [-0.3, -0.25) is 0 Å². The molecule has 29 heavy (non-hydrogen) atoms. The lowest BCUT2D eigenvalue weighted by Crippen LogP contribution is -2.38. The number of nitrogens with zero attached hydrogens (tertiary/aromatic N) is 3. The molecule has 1 aliphatic rings. The summed E-state index contributed by atoms with van der Waals surface area (Å²) < 4.78 is 16.8. The highest BCUT2D eigenvalue weighted by molar-refractivity contribution is 7.09. The Morgan fingerprint density at radius 2 is 2.14 bits per heavy atom. The molecule has 2 aromatic rings. The Labute approximate surface area is 176 Å². The number of hydrogen-bond acceptors (Lipinski definition) is 6. The van der Waals surface area contributed by atoms with Crippen LogP contribution in [0.5, 0.6) is 11.5 Å². The molecule has 2 heterocycles. The number of methoxy groups -OCH3 is 1. The van der Waals surface area contributed by atoms with Crippen molar-refractivity contribution in [3.8, 4) is 11.5 Å². The van der Waals surface area contributed by atoms with E-state index in [4.69, 9.17) is 19.2 Å². The number of thiazole rings is 1. The van der Waals surface area contributed by atoms with Gasteiger partial charge in [0.2, 0.25) is 0 Å². The first kappa shape index (κ1) is 21.4. The summed E-state index contributed by atoms with van der Waals surface area (Å²) in [6.07, 6.45) is 0.916. The molecule has 8 heteroatoms. The van der Waals surface area contributed by atoms with E-state index in [-0.39, 0.29) is 6.10 Å². The van der Waals surface area contributed by atoms with Crippen molar-refractivity contribution in [2.24, 2.45) is 4.99 Å². The van der Waals surface area contributed by atoms with Gasteiger partial charge in [0.15, 0.2) is 17.5 Å². The number of ether oxygens (including phenoxy) is 3. The molecule has 0 aliphatic carbocycles. The molecule has 0 fully saturated rings. The Morgan fingerprint density at radius 1 is 1.34 bits per heavy atom. The highest BCUT2D eigenvalue weighted by atomic mass is 32.1. The second kappa shape index (κ2) is 10.5. The second-order valence-electron chi connectivity index (χ2n) is 6.91. The Hall–Kier alpha value is -2.32. The van der Waals surface area contributed by atoms with E-state index in [1.807, 2.05) is 32.2 Å². The number of nitrogens with one attached hydrogen (secondary N) is 1. The summed E-state index contributed by atoms with van der Waals surface area (Å²) in [6, 6.07) is 6.03. The zero-order valence-corrected chi connectivity index (χ0v) is 18.4. The van der Waals surface area contributed by atoms with Crippen LogP contribution >= 0.6 is 11.3 Å². The van der Waals surface area contributed by atoms with E-state index in [1.54, 1.807) is 18.4 Å². The minimum Gasteiger partial charge on any atom is -0.490 e. The average molecular weight is 419 g/mol. The highest BCUT2D eigenvalue weighted by Gasteiger charge is 2.14. The summed E-state index contributed by atoms with van der Waals surface area (Å²) in [5.41, 5.74) is 2.10. The van der Waals surface area contributed by atoms with Crippen molar-refractivity contribution in [1.29, 1.82) is 0 Å². The maximum Gasteiger partial charge on any atom is 0.194 e. The Balaban J connectivity index is 1.67. The van der Waals surface area contributed by atoms with Gasteiger partial charge in [-0.05, 0) is 31.5 Å². The van der Waals surface area contributed by atoms with E-state index < -0.39 is 0 Å². The number of benzene rings is 1. The minimum atomic E-state index is 0.0142. The molecule has 1 atom stereocenters. The predicted octanol–water partition coefficient (Wildman–Crippen LogP) is 3.61. The van der Waals surface area contributed by atoms with Gasteiger partial charge in [0, 0.05) is 32.5 Å². The Morgan fingerprint density at radius 3 is 2.90 bits per heavy atom. The van der Waals surface area contributed by atoms with E-state index in [0.717, 1.165) is 46.7 Å². The number of rotatable bonds is 7. The monoisotopic (exact) mass is 418 g/mol. The van der Waals surface area contributed by atoms with Crippen molar-refractivity contribution in [2.45, 2.75) is 39.5 Å². The maximum atomic E-state index is 5.78. The lowest BCUT2D eigenvalue weighted by Gasteiger charge is -2.21. The molecule has 0 bridgehead atoms. The third-order valence-electron chi connectivity index (χ3n) is 4.59. The molecule has 0 amide bonds. The predicted molar refractivity (Wildman–Crippen MR) is 116 cm³/mol. The van der Waals surface area contributed by atoms with Crippen LogP contribution in [0.15, 0.2) is 28.6 Å². The van der Waals surface area contributed by atoms with Crippen LogP contribution in [0.2, 0.25) is 0 Å². The quantitative estimate of drug-likeness (QED) is 0.547. The molecule has 0 radical (unpaired) electrons. The van der Waals surface area contributed by atoms with E-state index in [1.165, 1.54) is 0 Å². The SMILES string of the molecule is CCNC(=NCc1ccc2c(c1)OCCCO2)N(C)Cc1csc(C(C)OC)n1. The fourth-order valence-electron chi connectivity index (χ4n) is 2.94. The first-order valence-corrected chi connectivity index (χ1v) is 10.8. The molecule has 158 valence electrons. The Kier molecular flexibility index (Phi) is 7.71. The van der Waals surface area contributed by atoms with E-state index in [9.17, 15) is 0 Å². The third-order valence-corrected chi connectivity index (χ3v) is 5.64. The average Bonchev–Trinajstić information content (AvgIpc) is 3.06. The maximum absolute atomic E-state index is 5.78. The molecule has 0 saturated heterocycles. The van der Waals surface area contributed by atoms with Crippen LogP contribution in [-0.2, 0) is 17.8 Å². The summed E-state index contributed by atoms with van der Waals surface area (Å²) in [7, 11) is 3.72. The van der Waals surface area contributed by atoms with Gasteiger partial charge >= 0.3 is 0 Å². The van der Waals surface area contributed by atoms with Gasteiger partial charge in [-0.25, -0.2) is 9.98 Å². The van der Waals surface area contributed by atoms with Gasteiger partial charge in [-0.1, -0.05) is 6.07 Å². The van der Waals surface area contributed by atoms with Crippen LogP contribution in [0.4, 0.5) is 0 Å². The highest BCUT2D eigenvalue weighted by Crippen LogP contribution is 2.30. The molecule has 1 aromatic heterocycles. The zero-order valence-electron chi connectivity index (χ0n) is 17.6. The molecule has 7 nitrogen and oxygen atoms in total. The lowest BCUT2D eigenvalue weighted by molar-refractivity contribution is 0.119. The van der Waals surface area contributed by atoms with Gasteiger partial charge in [0.25, 0.3) is 0 Å². The third kappa shape index (κ3) is 5.83. The lowest BCUT2D eigenvalue weighted by atomic mass is 10.2. The molecular weight excluding hydrogens is 388 g/mol. The van der Waals surface area contributed by atoms with Crippen molar-refractivity contribution < 1.29 is 14.2 Å². The van der Waals surface area contributed by atoms with Crippen molar-refractivity contribution in [3.63, 3.8) is 0 Å². The Bertz CT molecular complexity index is 824. The summed E-state index contributed by atoms with van der Waals surface area (Å²) >= 11 is 1.63. The first-order chi connectivity index (χ1) is 14.1. The number of aromatic nitrogens is 1. The fraction of sp³-hybridized carbons (Fsp3) is 0.524. The first-order valence-electron chi connectivity index (χ1n) is 9.95. The fourth-order valence-corrected chi connectivity index (χ4v) is 3.78. The van der Waals surface area contributed by atoms with Crippen LogP contribution in [-0.4, -0.2) is 49.8 Å². The summed E-state index contributed by atoms with van der Waals surface area (Å²) in [5, 5.41) is 6.43. The van der Waals surface area contributed by atoms with Crippen molar-refractivity contribution in [2.75, 3.05) is 33.9 Å². The number of hydrogen-bond donors (Lipinski definition) is 1. The molecule has 1 aliphatic heterocycles. The van der Waals surface area contributed by atoms with Gasteiger partial charge in [-0.15, -0.1) is 11.3 Å². The van der Waals surface area contributed by atoms with Crippen LogP contribution in [0.25, 0.3) is 0 Å². The summed E-state index contributed by atoms with van der Waals surface area (Å²) in [4.78, 5) is 11.6. The topological polar surface area (TPSA) is 68.2 Å². The van der Waals surface area contributed by atoms with Crippen LogP contribution in [0.1, 0.15) is 42.6 Å². The molecule has 0 spiro atoms. The number of guanidine groups is 1. The minimum absolute atomic E-state index is 0.0142. The molecule has 1 N–H and O–H groups in total. The standard InChI is InChI=1S/C21H30N4O3S/c1-5-22-21(25(3)13-17-14-29-20(24-17)15(2)26-4)23-12-16-7-8-18-19(11-16)28-10-6-9-27-18/h7-8,11,14-15H,5-6,9-10,12-13H2,1-4H3,(H,22,23). The normalized spacial score (nSPS) is 15.0.